The molecule has 7 heteroatoms. The molecule has 0 aromatic heterocycles. The third kappa shape index (κ3) is 4.46. The van der Waals surface area contributed by atoms with E-state index in [1.54, 1.807) is 54.6 Å². The number of amides is 4. The molecule has 1 aliphatic rings. The molecule has 3 aromatic carbocycles. The van der Waals surface area contributed by atoms with E-state index >= 15 is 0 Å². The summed E-state index contributed by atoms with van der Waals surface area (Å²) in [4.78, 5) is 38.4. The molecule has 31 heavy (non-hydrogen) atoms. The summed E-state index contributed by atoms with van der Waals surface area (Å²) in [6.45, 7) is 0. The van der Waals surface area contributed by atoms with Crippen LogP contribution in [0.15, 0.2) is 82.8 Å². The number of carbonyl (C=O) groups excluding carboxylic acids is 3. The zero-order valence-corrected chi connectivity index (χ0v) is 17.7. The van der Waals surface area contributed by atoms with Gasteiger partial charge in [-0.05, 0) is 53.1 Å². The smallest absolute Gasteiger partial charge is 0.273 e. The SMILES string of the molecule is O=C1NC(=O)N(c2ccc(Br)cc2)C(=O)/C1=C/c1ccc(Cc2ccccc2F)cc1. The molecule has 0 saturated carbocycles. The van der Waals surface area contributed by atoms with Gasteiger partial charge >= 0.3 is 6.03 Å². The third-order valence-electron chi connectivity index (χ3n) is 4.83. The van der Waals surface area contributed by atoms with Crippen molar-refractivity contribution in [1.82, 2.24) is 5.32 Å². The molecule has 0 spiro atoms. The summed E-state index contributed by atoms with van der Waals surface area (Å²) < 4.78 is 14.6. The van der Waals surface area contributed by atoms with Gasteiger partial charge in [-0.25, -0.2) is 14.1 Å². The summed E-state index contributed by atoms with van der Waals surface area (Å²) in [5.41, 5.74) is 2.28. The summed E-state index contributed by atoms with van der Waals surface area (Å²) in [6.07, 6.45) is 1.86. The maximum Gasteiger partial charge on any atom is 0.335 e. The number of carbonyl (C=O) groups is 3. The topological polar surface area (TPSA) is 66.5 Å². The molecule has 4 amide bonds. The molecule has 1 heterocycles. The van der Waals surface area contributed by atoms with Crippen LogP contribution >= 0.6 is 15.9 Å². The average molecular weight is 479 g/mol. The first-order valence-electron chi connectivity index (χ1n) is 9.42. The lowest BCUT2D eigenvalue weighted by Crippen LogP contribution is -2.54. The van der Waals surface area contributed by atoms with Gasteiger partial charge in [-0.3, -0.25) is 14.9 Å². The van der Waals surface area contributed by atoms with E-state index in [4.69, 9.17) is 0 Å². The monoisotopic (exact) mass is 478 g/mol. The fraction of sp³-hybridized carbons (Fsp3) is 0.0417. The first kappa shape index (κ1) is 20.7. The van der Waals surface area contributed by atoms with Crippen molar-refractivity contribution in [2.24, 2.45) is 0 Å². The van der Waals surface area contributed by atoms with Crippen LogP contribution in [-0.4, -0.2) is 17.8 Å². The minimum absolute atomic E-state index is 0.149. The molecule has 0 atom stereocenters. The van der Waals surface area contributed by atoms with E-state index in [0.29, 0.717) is 23.2 Å². The van der Waals surface area contributed by atoms with Gasteiger partial charge < -0.3 is 0 Å². The predicted octanol–water partition coefficient (Wildman–Crippen LogP) is 4.85. The van der Waals surface area contributed by atoms with Crippen LogP contribution in [0.4, 0.5) is 14.9 Å². The molecule has 5 nitrogen and oxygen atoms in total. The highest BCUT2D eigenvalue weighted by Gasteiger charge is 2.36. The Hall–Kier alpha value is -3.58. The Labute approximate surface area is 186 Å². The lowest BCUT2D eigenvalue weighted by atomic mass is 10.0. The molecular weight excluding hydrogens is 463 g/mol. The molecule has 3 aromatic rings. The van der Waals surface area contributed by atoms with Crippen molar-refractivity contribution < 1.29 is 18.8 Å². The van der Waals surface area contributed by atoms with Gasteiger partial charge in [0.25, 0.3) is 11.8 Å². The van der Waals surface area contributed by atoms with Crippen LogP contribution in [0.25, 0.3) is 6.08 Å². The van der Waals surface area contributed by atoms with Crippen molar-refractivity contribution in [2.75, 3.05) is 4.90 Å². The number of rotatable bonds is 4. The lowest BCUT2D eigenvalue weighted by molar-refractivity contribution is -0.122. The van der Waals surface area contributed by atoms with Gasteiger partial charge in [-0.15, -0.1) is 0 Å². The molecule has 0 radical (unpaired) electrons. The predicted molar refractivity (Wildman–Crippen MR) is 119 cm³/mol. The van der Waals surface area contributed by atoms with E-state index in [1.165, 1.54) is 12.1 Å². The number of halogens is 2. The van der Waals surface area contributed by atoms with E-state index in [2.05, 4.69) is 21.2 Å². The zero-order valence-electron chi connectivity index (χ0n) is 16.1. The molecule has 0 bridgehead atoms. The Morgan fingerprint density at radius 2 is 1.58 bits per heavy atom. The fourth-order valence-electron chi connectivity index (χ4n) is 3.24. The molecular formula is C24H16BrFN2O3. The highest BCUT2D eigenvalue weighted by atomic mass is 79.9. The maximum absolute atomic E-state index is 13.9. The second kappa shape index (κ2) is 8.65. The minimum atomic E-state index is -0.797. The van der Waals surface area contributed by atoms with Crippen molar-refractivity contribution in [3.05, 3.63) is 105 Å². The summed E-state index contributed by atoms with van der Waals surface area (Å²) in [6, 6.07) is 19.5. The van der Waals surface area contributed by atoms with E-state index in [1.807, 2.05) is 12.1 Å². The standard InChI is InChI=1S/C24H16BrFN2O3/c25-18-9-11-19(12-10-18)28-23(30)20(22(29)27-24(28)31)14-16-7-5-15(6-8-16)13-17-3-1-2-4-21(17)26/h1-12,14H,13H2,(H,27,29,31)/b20-14+. The third-order valence-corrected chi connectivity index (χ3v) is 5.36. The molecule has 0 unspecified atom stereocenters. The summed E-state index contributed by atoms with van der Waals surface area (Å²) in [5.74, 6) is -1.72. The van der Waals surface area contributed by atoms with Crippen LogP contribution < -0.4 is 10.2 Å². The number of barbiturate groups is 1. The second-order valence-electron chi connectivity index (χ2n) is 6.94. The number of imide groups is 2. The molecule has 0 aliphatic carbocycles. The van der Waals surface area contributed by atoms with Crippen LogP contribution in [-0.2, 0) is 16.0 Å². The number of hydrogen-bond acceptors (Lipinski definition) is 3. The first-order chi connectivity index (χ1) is 14.9. The number of benzene rings is 3. The van der Waals surface area contributed by atoms with Crippen molar-refractivity contribution in [2.45, 2.75) is 6.42 Å². The van der Waals surface area contributed by atoms with E-state index < -0.39 is 17.8 Å². The average Bonchev–Trinajstić information content (AvgIpc) is 2.75. The largest absolute Gasteiger partial charge is 0.335 e. The highest BCUT2D eigenvalue weighted by Crippen LogP contribution is 2.24. The molecule has 4 rings (SSSR count). The van der Waals surface area contributed by atoms with Crippen molar-refractivity contribution in [3.8, 4) is 0 Å². The van der Waals surface area contributed by atoms with Crippen LogP contribution in [0, 0.1) is 5.82 Å². The van der Waals surface area contributed by atoms with Crippen LogP contribution in [0.1, 0.15) is 16.7 Å². The van der Waals surface area contributed by atoms with E-state index in [0.717, 1.165) is 14.9 Å². The van der Waals surface area contributed by atoms with Gasteiger partial charge in [0, 0.05) is 10.9 Å². The molecule has 1 N–H and O–H groups in total. The Morgan fingerprint density at radius 3 is 2.26 bits per heavy atom. The number of anilines is 1. The van der Waals surface area contributed by atoms with Crippen molar-refractivity contribution >= 4 is 45.5 Å². The van der Waals surface area contributed by atoms with Crippen LogP contribution in [0.5, 0.6) is 0 Å². The van der Waals surface area contributed by atoms with Crippen molar-refractivity contribution in [1.29, 1.82) is 0 Å². The summed E-state index contributed by atoms with van der Waals surface area (Å²) in [5, 5.41) is 2.20. The Morgan fingerprint density at radius 1 is 0.903 bits per heavy atom. The Balaban J connectivity index is 1.58. The summed E-state index contributed by atoms with van der Waals surface area (Å²) in [7, 11) is 0. The normalized spacial score (nSPS) is 15.4. The van der Waals surface area contributed by atoms with Gasteiger partial charge in [0.15, 0.2) is 0 Å². The number of urea groups is 1. The number of nitrogens with one attached hydrogen (secondary N) is 1. The van der Waals surface area contributed by atoms with Gasteiger partial charge in [-0.1, -0.05) is 58.4 Å². The van der Waals surface area contributed by atoms with Crippen molar-refractivity contribution in [3.63, 3.8) is 0 Å². The number of nitrogens with zero attached hydrogens (tertiary/aromatic N) is 1. The molecule has 1 aliphatic heterocycles. The van der Waals surface area contributed by atoms with Crippen LogP contribution in [0.3, 0.4) is 0 Å². The fourth-order valence-corrected chi connectivity index (χ4v) is 3.51. The highest BCUT2D eigenvalue weighted by molar-refractivity contribution is 9.10. The first-order valence-corrected chi connectivity index (χ1v) is 10.2. The van der Waals surface area contributed by atoms with Gasteiger partial charge in [-0.2, -0.15) is 0 Å². The molecule has 1 fully saturated rings. The van der Waals surface area contributed by atoms with E-state index in [-0.39, 0.29) is 11.4 Å². The Kier molecular flexibility index (Phi) is 5.77. The Bertz CT molecular complexity index is 1200. The number of hydrogen-bond donors (Lipinski definition) is 1. The lowest BCUT2D eigenvalue weighted by Gasteiger charge is -2.26. The zero-order chi connectivity index (χ0) is 22.0. The van der Waals surface area contributed by atoms with Gasteiger partial charge in [0.1, 0.15) is 11.4 Å². The molecule has 1 saturated heterocycles. The van der Waals surface area contributed by atoms with Gasteiger partial charge in [0.2, 0.25) is 0 Å². The minimum Gasteiger partial charge on any atom is -0.273 e. The maximum atomic E-state index is 13.9. The van der Waals surface area contributed by atoms with Crippen LogP contribution in [0.2, 0.25) is 0 Å². The summed E-state index contributed by atoms with van der Waals surface area (Å²) >= 11 is 3.31. The van der Waals surface area contributed by atoms with Gasteiger partial charge in [0.05, 0.1) is 5.69 Å². The van der Waals surface area contributed by atoms with E-state index in [9.17, 15) is 18.8 Å². The molecule has 154 valence electrons. The second-order valence-corrected chi connectivity index (χ2v) is 7.86. The quantitative estimate of drug-likeness (QED) is 0.430.